The smallest absolute Gasteiger partial charge is 0.342 e. The van der Waals surface area contributed by atoms with Gasteiger partial charge in [-0.1, -0.05) is 24.3 Å². The molecule has 170 valence electrons. The van der Waals surface area contributed by atoms with Gasteiger partial charge >= 0.3 is 5.97 Å². The van der Waals surface area contributed by atoms with Crippen LogP contribution >= 0.6 is 0 Å². The molecule has 1 aliphatic carbocycles. The van der Waals surface area contributed by atoms with Crippen LogP contribution in [0.1, 0.15) is 74.4 Å². The Kier molecular flexibility index (Phi) is 6.20. The molecule has 2 aliphatic rings. The molecule has 2 heterocycles. The lowest BCUT2D eigenvalue weighted by Crippen LogP contribution is -2.33. The standard InChI is InChI=1S/C25H31N3O4/c1-15-27-23(26)20-14-21(25(2,3)31-24(20)28-15)19-11-9-18(10-12-19)17-7-5-16(6-8-17)13-22(29)32-30-4/h9-12,14,16-17H,5-8,13H2,1-4H3,(H2,26,27,28). The first-order valence-corrected chi connectivity index (χ1v) is 11.2. The Hall–Kier alpha value is -2.93. The van der Waals surface area contributed by atoms with Crippen LogP contribution < -0.4 is 10.5 Å². The van der Waals surface area contributed by atoms with Crippen LogP contribution in [-0.2, 0) is 14.6 Å². The van der Waals surface area contributed by atoms with Crippen molar-refractivity contribution in [3.05, 3.63) is 46.8 Å². The van der Waals surface area contributed by atoms with Gasteiger partial charge in [0.2, 0.25) is 5.88 Å². The molecule has 4 rings (SSSR count). The second-order valence-corrected chi connectivity index (χ2v) is 9.21. The zero-order valence-corrected chi connectivity index (χ0v) is 19.2. The number of hydrogen-bond donors (Lipinski definition) is 1. The van der Waals surface area contributed by atoms with Crippen molar-refractivity contribution < 1.29 is 19.3 Å². The summed E-state index contributed by atoms with van der Waals surface area (Å²) >= 11 is 0. The molecule has 1 aromatic heterocycles. The van der Waals surface area contributed by atoms with Crippen LogP contribution in [0.15, 0.2) is 24.3 Å². The molecule has 7 heteroatoms. The van der Waals surface area contributed by atoms with E-state index in [0.29, 0.717) is 35.8 Å². The molecule has 2 N–H and O–H groups in total. The summed E-state index contributed by atoms with van der Waals surface area (Å²) in [6.07, 6.45) is 6.66. The zero-order valence-electron chi connectivity index (χ0n) is 19.2. The maximum Gasteiger partial charge on any atom is 0.342 e. The van der Waals surface area contributed by atoms with Gasteiger partial charge in [-0.05, 0) is 75.5 Å². The first-order chi connectivity index (χ1) is 15.3. The van der Waals surface area contributed by atoms with E-state index in [-0.39, 0.29) is 5.97 Å². The SMILES string of the molecule is COOC(=O)CC1CCC(c2ccc(C3=Cc4c(N)nc(C)nc4OC3(C)C)cc2)CC1. The molecule has 0 radical (unpaired) electrons. The summed E-state index contributed by atoms with van der Waals surface area (Å²) in [5, 5.41) is 0. The maximum atomic E-state index is 11.6. The minimum Gasteiger partial charge on any atom is -0.466 e. The van der Waals surface area contributed by atoms with Crippen molar-refractivity contribution in [3.8, 4) is 5.88 Å². The van der Waals surface area contributed by atoms with Crippen molar-refractivity contribution in [2.45, 2.75) is 64.4 Å². The monoisotopic (exact) mass is 437 g/mol. The highest BCUT2D eigenvalue weighted by molar-refractivity contribution is 5.91. The van der Waals surface area contributed by atoms with E-state index >= 15 is 0 Å². The molecule has 0 atom stereocenters. The lowest BCUT2D eigenvalue weighted by atomic mass is 9.77. The number of nitrogens with two attached hydrogens (primary N) is 1. The van der Waals surface area contributed by atoms with Gasteiger partial charge in [0.1, 0.15) is 17.2 Å². The van der Waals surface area contributed by atoms with Gasteiger partial charge in [0.05, 0.1) is 19.1 Å². The highest BCUT2D eigenvalue weighted by Gasteiger charge is 2.33. The Morgan fingerprint density at radius 2 is 1.84 bits per heavy atom. The first kappa shape index (κ1) is 22.3. The number of carbonyl (C=O) groups is 1. The molecule has 1 aliphatic heterocycles. The number of aromatic nitrogens is 2. The topological polar surface area (TPSA) is 96.6 Å². The summed E-state index contributed by atoms with van der Waals surface area (Å²) in [4.78, 5) is 29.4. The summed E-state index contributed by atoms with van der Waals surface area (Å²) in [6.45, 7) is 5.89. The molecule has 0 unspecified atom stereocenters. The zero-order chi connectivity index (χ0) is 22.9. The lowest BCUT2D eigenvalue weighted by Gasteiger charge is -2.34. The highest BCUT2D eigenvalue weighted by Crippen LogP contribution is 2.42. The third kappa shape index (κ3) is 4.63. The average molecular weight is 438 g/mol. The quantitative estimate of drug-likeness (QED) is 0.528. The van der Waals surface area contributed by atoms with E-state index < -0.39 is 5.60 Å². The molecule has 1 saturated carbocycles. The normalized spacial score (nSPS) is 21.8. The minimum atomic E-state index is -0.531. The number of rotatable bonds is 5. The lowest BCUT2D eigenvalue weighted by molar-refractivity contribution is -0.255. The second-order valence-electron chi connectivity index (χ2n) is 9.21. The van der Waals surface area contributed by atoms with Crippen molar-refractivity contribution in [1.29, 1.82) is 0 Å². The number of fused-ring (bicyclic) bond motifs is 1. The molecule has 7 nitrogen and oxygen atoms in total. The molecule has 1 fully saturated rings. The van der Waals surface area contributed by atoms with Crippen LogP contribution in [0.4, 0.5) is 5.82 Å². The Labute approximate surface area is 188 Å². The fourth-order valence-corrected chi connectivity index (χ4v) is 4.83. The molecule has 0 spiro atoms. The van der Waals surface area contributed by atoms with E-state index in [2.05, 4.69) is 44.0 Å². The van der Waals surface area contributed by atoms with E-state index in [0.717, 1.165) is 42.4 Å². The Morgan fingerprint density at radius 3 is 2.50 bits per heavy atom. The maximum absolute atomic E-state index is 11.6. The van der Waals surface area contributed by atoms with Crippen LogP contribution in [0.3, 0.4) is 0 Å². The fourth-order valence-electron chi connectivity index (χ4n) is 4.83. The fraction of sp³-hybridized carbons (Fsp3) is 0.480. The van der Waals surface area contributed by atoms with Gasteiger partial charge in [-0.2, -0.15) is 9.87 Å². The number of benzene rings is 1. The van der Waals surface area contributed by atoms with Crippen molar-refractivity contribution in [2.24, 2.45) is 5.92 Å². The van der Waals surface area contributed by atoms with Gasteiger partial charge in [0, 0.05) is 5.57 Å². The number of ether oxygens (including phenoxy) is 1. The highest BCUT2D eigenvalue weighted by atomic mass is 17.2. The second kappa shape index (κ2) is 8.90. The molecular weight excluding hydrogens is 406 g/mol. The molecule has 0 amide bonds. The Bertz CT molecular complexity index is 1020. The van der Waals surface area contributed by atoms with Crippen molar-refractivity contribution in [2.75, 3.05) is 12.8 Å². The van der Waals surface area contributed by atoms with E-state index in [1.165, 1.54) is 12.7 Å². The molecule has 1 aromatic carbocycles. The predicted octanol–water partition coefficient (Wildman–Crippen LogP) is 4.85. The minimum absolute atomic E-state index is 0.284. The molecule has 32 heavy (non-hydrogen) atoms. The van der Waals surface area contributed by atoms with Crippen LogP contribution in [-0.4, -0.2) is 28.6 Å². The number of hydrogen-bond acceptors (Lipinski definition) is 7. The van der Waals surface area contributed by atoms with E-state index in [4.69, 9.17) is 10.5 Å². The van der Waals surface area contributed by atoms with Gasteiger partial charge < -0.3 is 10.5 Å². The summed E-state index contributed by atoms with van der Waals surface area (Å²) < 4.78 is 6.21. The summed E-state index contributed by atoms with van der Waals surface area (Å²) in [5.41, 5.74) is 9.83. The van der Waals surface area contributed by atoms with Gasteiger partial charge in [-0.25, -0.2) is 9.78 Å². The van der Waals surface area contributed by atoms with E-state index in [1.807, 2.05) is 26.8 Å². The number of aryl methyl sites for hydroxylation is 1. The Morgan fingerprint density at radius 1 is 1.16 bits per heavy atom. The number of nitrogen functional groups attached to an aromatic ring is 1. The number of anilines is 1. The van der Waals surface area contributed by atoms with Crippen molar-refractivity contribution >= 4 is 23.4 Å². The number of carbonyl (C=O) groups excluding carboxylic acids is 1. The molecule has 0 bridgehead atoms. The molecule has 2 aromatic rings. The van der Waals surface area contributed by atoms with Gasteiger partial charge in [-0.15, -0.1) is 0 Å². The summed E-state index contributed by atoms with van der Waals surface area (Å²) in [6, 6.07) is 8.73. The average Bonchev–Trinajstić information content (AvgIpc) is 2.73. The van der Waals surface area contributed by atoms with Crippen molar-refractivity contribution in [1.82, 2.24) is 9.97 Å². The molecule has 0 saturated heterocycles. The van der Waals surface area contributed by atoms with E-state index in [1.54, 1.807) is 0 Å². The van der Waals surface area contributed by atoms with Gasteiger partial charge in [0.15, 0.2) is 0 Å². The Balaban J connectivity index is 1.48. The van der Waals surface area contributed by atoms with Crippen LogP contribution in [0, 0.1) is 12.8 Å². The largest absolute Gasteiger partial charge is 0.466 e. The van der Waals surface area contributed by atoms with Crippen LogP contribution in [0.2, 0.25) is 0 Å². The predicted molar refractivity (Wildman–Crippen MR) is 123 cm³/mol. The number of nitrogens with zero attached hydrogens (tertiary/aromatic N) is 2. The van der Waals surface area contributed by atoms with Crippen LogP contribution in [0.25, 0.3) is 11.6 Å². The van der Waals surface area contributed by atoms with Crippen LogP contribution in [0.5, 0.6) is 5.88 Å². The third-order valence-corrected chi connectivity index (χ3v) is 6.51. The van der Waals surface area contributed by atoms with E-state index in [9.17, 15) is 4.79 Å². The summed E-state index contributed by atoms with van der Waals surface area (Å²) in [7, 11) is 1.36. The van der Waals surface area contributed by atoms with Crippen molar-refractivity contribution in [3.63, 3.8) is 0 Å². The van der Waals surface area contributed by atoms with Gasteiger partial charge in [0.25, 0.3) is 0 Å². The molecular formula is C25H31N3O4. The first-order valence-electron chi connectivity index (χ1n) is 11.2. The van der Waals surface area contributed by atoms with Gasteiger partial charge in [-0.3, -0.25) is 4.89 Å². The summed E-state index contributed by atoms with van der Waals surface area (Å²) in [5.74, 6) is 2.16. The third-order valence-electron chi connectivity index (χ3n) is 6.51.